The molecule has 0 radical (unpaired) electrons. The average molecular weight is 364 g/mol. The fraction of sp³-hybridized carbons (Fsp3) is 0.667. The van der Waals surface area contributed by atoms with Crippen LogP contribution in [0.15, 0.2) is 4.99 Å². The summed E-state index contributed by atoms with van der Waals surface area (Å²) in [6, 6.07) is -3.45. The minimum atomic E-state index is -1.48. The van der Waals surface area contributed by atoms with Gasteiger partial charge in [-0.15, -0.1) is 0 Å². The Morgan fingerprint density at radius 1 is 1.12 bits per heavy atom. The number of carbonyl (C=O) groups excluding carboxylic acids is 2. The van der Waals surface area contributed by atoms with Crippen molar-refractivity contribution >= 4 is 36.4 Å². The smallest absolute Gasteiger partial charge is 0.328 e. The van der Waals surface area contributed by atoms with E-state index >= 15 is 0 Å². The lowest BCUT2D eigenvalue weighted by Crippen LogP contribution is -2.55. The lowest BCUT2D eigenvalue weighted by atomic mass is 10.1. The highest BCUT2D eigenvalue weighted by Crippen LogP contribution is 2.01. The summed E-state index contributed by atoms with van der Waals surface area (Å²) >= 11 is 3.89. The first kappa shape index (κ1) is 21.9. The zero-order chi connectivity index (χ0) is 18.7. The standard InChI is InChI=1S/C12H24N6O5S/c13-6(5-24)9(20)17-7(2-1-3-16-12(14)15)10(21)18-8(4-19)11(22)23/h6-8,19,24H,1-5,13H2,(H,17,20)(H,18,21)(H,22,23)(H4,14,15,16)/t6-,7-,8-/m0/s1. The first-order valence-corrected chi connectivity index (χ1v) is 7.72. The SMILES string of the molecule is NC(N)=NCCC[C@H](NC(=O)[C@@H](N)CS)C(=O)N[C@@H](CO)C(=O)O. The minimum absolute atomic E-state index is 0.0720. The molecular weight excluding hydrogens is 340 g/mol. The molecule has 0 fully saturated rings. The Kier molecular flexibility index (Phi) is 10.5. The molecule has 0 aliphatic rings. The molecule has 0 aliphatic carbocycles. The minimum Gasteiger partial charge on any atom is -0.480 e. The number of amides is 2. The predicted molar refractivity (Wildman–Crippen MR) is 90.3 cm³/mol. The number of nitrogens with zero attached hydrogens (tertiary/aromatic N) is 1. The van der Waals surface area contributed by atoms with Gasteiger partial charge < -0.3 is 38.0 Å². The summed E-state index contributed by atoms with van der Waals surface area (Å²) in [6.07, 6.45) is 0.495. The van der Waals surface area contributed by atoms with E-state index in [-0.39, 0.29) is 24.7 Å². The van der Waals surface area contributed by atoms with Crippen LogP contribution in [0.2, 0.25) is 0 Å². The van der Waals surface area contributed by atoms with Gasteiger partial charge in [0, 0.05) is 12.3 Å². The number of nitrogens with one attached hydrogen (secondary N) is 2. The van der Waals surface area contributed by atoms with Crippen LogP contribution in [-0.2, 0) is 14.4 Å². The van der Waals surface area contributed by atoms with Crippen LogP contribution < -0.4 is 27.8 Å². The van der Waals surface area contributed by atoms with Crippen LogP contribution in [0.25, 0.3) is 0 Å². The van der Waals surface area contributed by atoms with Gasteiger partial charge in [0.05, 0.1) is 12.6 Å². The lowest BCUT2D eigenvalue weighted by Gasteiger charge is -2.21. The highest BCUT2D eigenvalue weighted by molar-refractivity contribution is 7.80. The second kappa shape index (κ2) is 11.5. The number of carboxylic acid groups (broad SMARTS) is 1. The van der Waals surface area contributed by atoms with Crippen molar-refractivity contribution in [3.63, 3.8) is 0 Å². The molecule has 0 heterocycles. The number of thiol groups is 1. The molecule has 0 aliphatic heterocycles. The molecular formula is C12H24N6O5S. The van der Waals surface area contributed by atoms with Crippen LogP contribution in [0.1, 0.15) is 12.8 Å². The van der Waals surface area contributed by atoms with Crippen LogP contribution in [0.5, 0.6) is 0 Å². The third-order valence-electron chi connectivity index (χ3n) is 2.91. The molecule has 10 N–H and O–H groups in total. The Morgan fingerprint density at radius 2 is 1.71 bits per heavy atom. The van der Waals surface area contributed by atoms with E-state index in [4.69, 9.17) is 27.4 Å². The molecule has 0 bridgehead atoms. The first-order chi connectivity index (χ1) is 11.2. The zero-order valence-electron chi connectivity index (χ0n) is 13.0. The fourth-order valence-corrected chi connectivity index (χ4v) is 1.76. The summed E-state index contributed by atoms with van der Waals surface area (Å²) in [5.41, 5.74) is 15.9. The maximum atomic E-state index is 12.1. The summed E-state index contributed by atoms with van der Waals surface area (Å²) in [5.74, 6) is -2.81. The molecule has 0 aromatic rings. The summed E-state index contributed by atoms with van der Waals surface area (Å²) in [7, 11) is 0. The van der Waals surface area contributed by atoms with Crippen molar-refractivity contribution in [2.75, 3.05) is 18.9 Å². The number of hydrogen-bond acceptors (Lipinski definition) is 7. The van der Waals surface area contributed by atoms with Crippen LogP contribution in [0, 0.1) is 0 Å². The summed E-state index contributed by atoms with van der Waals surface area (Å²) in [6.45, 7) is -0.561. The maximum Gasteiger partial charge on any atom is 0.328 e. The number of aliphatic imine (C=N–C) groups is 1. The monoisotopic (exact) mass is 364 g/mol. The molecule has 0 aromatic heterocycles. The van der Waals surface area contributed by atoms with E-state index in [2.05, 4.69) is 28.3 Å². The van der Waals surface area contributed by atoms with Crippen molar-refractivity contribution in [3.8, 4) is 0 Å². The molecule has 12 heteroatoms. The van der Waals surface area contributed by atoms with Gasteiger partial charge in [-0.1, -0.05) is 0 Å². The van der Waals surface area contributed by atoms with Crippen molar-refractivity contribution in [2.45, 2.75) is 31.0 Å². The van der Waals surface area contributed by atoms with Crippen LogP contribution in [0.3, 0.4) is 0 Å². The topological polar surface area (TPSA) is 206 Å². The quantitative estimate of drug-likeness (QED) is 0.0791. The van der Waals surface area contributed by atoms with Gasteiger partial charge in [0.1, 0.15) is 12.1 Å². The summed E-state index contributed by atoms with van der Waals surface area (Å²) < 4.78 is 0. The molecule has 0 unspecified atom stereocenters. The van der Waals surface area contributed by atoms with E-state index in [9.17, 15) is 14.4 Å². The van der Waals surface area contributed by atoms with Gasteiger partial charge in [-0.25, -0.2) is 4.79 Å². The molecule has 0 spiro atoms. The number of rotatable bonds is 11. The highest BCUT2D eigenvalue weighted by atomic mass is 32.1. The van der Waals surface area contributed by atoms with Gasteiger partial charge in [-0.2, -0.15) is 12.6 Å². The number of carboxylic acids is 1. The third-order valence-corrected chi connectivity index (χ3v) is 3.30. The van der Waals surface area contributed by atoms with Crippen molar-refractivity contribution in [2.24, 2.45) is 22.2 Å². The average Bonchev–Trinajstić information content (AvgIpc) is 2.53. The second-order valence-electron chi connectivity index (χ2n) is 4.88. The van der Waals surface area contributed by atoms with Gasteiger partial charge in [-0.3, -0.25) is 14.6 Å². The van der Waals surface area contributed by atoms with Gasteiger partial charge in [0.25, 0.3) is 0 Å². The number of guanidine groups is 1. The molecule has 0 rings (SSSR count). The molecule has 0 aromatic carbocycles. The molecule has 0 saturated heterocycles. The molecule has 11 nitrogen and oxygen atoms in total. The van der Waals surface area contributed by atoms with E-state index in [0.29, 0.717) is 6.42 Å². The highest BCUT2D eigenvalue weighted by Gasteiger charge is 2.27. The maximum absolute atomic E-state index is 12.1. The molecule has 2 amide bonds. The molecule has 0 saturated carbocycles. The number of hydrogen-bond donors (Lipinski definition) is 8. The molecule has 138 valence electrons. The Labute approximate surface area is 144 Å². The van der Waals surface area contributed by atoms with Gasteiger partial charge in [0.2, 0.25) is 11.8 Å². The van der Waals surface area contributed by atoms with Crippen LogP contribution >= 0.6 is 12.6 Å². The van der Waals surface area contributed by atoms with E-state index in [1.54, 1.807) is 0 Å². The Hall–Kier alpha value is -2.05. The Morgan fingerprint density at radius 3 is 2.17 bits per heavy atom. The Balaban J connectivity index is 4.88. The van der Waals surface area contributed by atoms with Crippen molar-refractivity contribution in [1.82, 2.24) is 10.6 Å². The molecule has 24 heavy (non-hydrogen) atoms. The lowest BCUT2D eigenvalue weighted by molar-refractivity contribution is -0.143. The number of carbonyl (C=O) groups is 3. The van der Waals surface area contributed by atoms with E-state index in [0.717, 1.165) is 0 Å². The summed E-state index contributed by atoms with van der Waals surface area (Å²) in [5, 5.41) is 22.3. The van der Waals surface area contributed by atoms with Crippen molar-refractivity contribution < 1.29 is 24.6 Å². The first-order valence-electron chi connectivity index (χ1n) is 7.09. The second-order valence-corrected chi connectivity index (χ2v) is 5.25. The van der Waals surface area contributed by atoms with Gasteiger partial charge in [0.15, 0.2) is 5.96 Å². The molecule has 3 atom stereocenters. The Bertz CT molecular complexity index is 471. The van der Waals surface area contributed by atoms with Gasteiger partial charge >= 0.3 is 5.97 Å². The van der Waals surface area contributed by atoms with Gasteiger partial charge in [-0.05, 0) is 12.8 Å². The fourth-order valence-electron chi connectivity index (χ4n) is 1.59. The van der Waals surface area contributed by atoms with E-state index < -0.39 is 42.5 Å². The number of aliphatic hydroxyl groups excluding tert-OH is 1. The van der Waals surface area contributed by atoms with Crippen LogP contribution in [-0.4, -0.2) is 71.0 Å². The third kappa shape index (κ3) is 8.55. The van der Waals surface area contributed by atoms with Crippen molar-refractivity contribution in [3.05, 3.63) is 0 Å². The largest absolute Gasteiger partial charge is 0.480 e. The zero-order valence-corrected chi connectivity index (χ0v) is 13.9. The van der Waals surface area contributed by atoms with E-state index in [1.807, 2.05) is 0 Å². The number of aliphatic carboxylic acids is 1. The summed E-state index contributed by atoms with van der Waals surface area (Å²) in [4.78, 5) is 38.6. The normalized spacial score (nSPS) is 14.1. The number of nitrogens with two attached hydrogens (primary N) is 3. The predicted octanol–water partition coefficient (Wildman–Crippen LogP) is -3.66. The van der Waals surface area contributed by atoms with E-state index in [1.165, 1.54) is 0 Å². The van der Waals surface area contributed by atoms with Crippen LogP contribution in [0.4, 0.5) is 0 Å². The number of aliphatic hydroxyl groups is 1. The van der Waals surface area contributed by atoms with Crippen molar-refractivity contribution in [1.29, 1.82) is 0 Å².